The molecule has 0 spiro atoms. The van der Waals surface area contributed by atoms with Crippen molar-refractivity contribution in [2.75, 3.05) is 20.2 Å². The summed E-state index contributed by atoms with van der Waals surface area (Å²) in [5.41, 5.74) is 5.48. The fourth-order valence-corrected chi connectivity index (χ4v) is 1.58. The molecule has 0 radical (unpaired) electrons. The molecule has 1 rings (SSSR count). The molecular weight excluding hydrogens is 266 g/mol. The lowest BCUT2D eigenvalue weighted by Gasteiger charge is -2.23. The monoisotopic (exact) mass is 286 g/mol. The number of amides is 1. The summed E-state index contributed by atoms with van der Waals surface area (Å²) in [6, 6.07) is 3.10. The maximum Gasteiger partial charge on any atom is 0.222 e. The van der Waals surface area contributed by atoms with Crippen LogP contribution >= 0.6 is 0 Å². The lowest BCUT2D eigenvalue weighted by atomic mass is 10.2. The third-order valence-corrected chi connectivity index (χ3v) is 3.08. The van der Waals surface area contributed by atoms with Crippen molar-refractivity contribution in [2.24, 2.45) is 5.73 Å². The van der Waals surface area contributed by atoms with E-state index in [4.69, 9.17) is 10.5 Å². The number of nitrogens with two attached hydrogens (primary N) is 1. The summed E-state index contributed by atoms with van der Waals surface area (Å²) in [4.78, 5) is 13.3. The molecule has 0 heterocycles. The van der Waals surface area contributed by atoms with Crippen LogP contribution < -0.4 is 10.5 Å². The zero-order valence-corrected chi connectivity index (χ0v) is 11.7. The van der Waals surface area contributed by atoms with Gasteiger partial charge in [0.15, 0.2) is 11.6 Å². The van der Waals surface area contributed by atoms with Gasteiger partial charge in [0.1, 0.15) is 5.82 Å². The van der Waals surface area contributed by atoms with Gasteiger partial charge in [-0.3, -0.25) is 4.79 Å². The van der Waals surface area contributed by atoms with E-state index in [1.54, 1.807) is 11.9 Å². The number of hydrogen-bond donors (Lipinski definition) is 1. The van der Waals surface area contributed by atoms with Gasteiger partial charge in [0.05, 0.1) is 6.61 Å². The van der Waals surface area contributed by atoms with Gasteiger partial charge in [0, 0.05) is 32.1 Å². The average molecular weight is 286 g/mol. The number of carbonyl (C=O) groups is 1. The zero-order valence-electron chi connectivity index (χ0n) is 11.7. The van der Waals surface area contributed by atoms with Gasteiger partial charge in [-0.2, -0.15) is 0 Å². The Morgan fingerprint density at radius 3 is 2.75 bits per heavy atom. The summed E-state index contributed by atoms with van der Waals surface area (Å²) in [5, 5.41) is 0. The van der Waals surface area contributed by atoms with E-state index in [0.717, 1.165) is 12.1 Å². The smallest absolute Gasteiger partial charge is 0.222 e. The normalized spacial score (nSPS) is 12.1. The molecule has 0 aromatic heterocycles. The number of rotatable bonds is 7. The molecule has 4 nitrogen and oxygen atoms in total. The van der Waals surface area contributed by atoms with Crippen LogP contribution in [0.4, 0.5) is 8.78 Å². The van der Waals surface area contributed by atoms with E-state index < -0.39 is 11.6 Å². The van der Waals surface area contributed by atoms with Crippen LogP contribution in [-0.4, -0.2) is 37.0 Å². The first-order chi connectivity index (χ1) is 9.45. The van der Waals surface area contributed by atoms with Crippen LogP contribution in [0.1, 0.15) is 19.8 Å². The number of hydrogen-bond acceptors (Lipinski definition) is 3. The van der Waals surface area contributed by atoms with Crippen molar-refractivity contribution in [3.8, 4) is 5.75 Å². The predicted molar refractivity (Wildman–Crippen MR) is 72.4 cm³/mol. The Kier molecular flexibility index (Phi) is 6.38. The van der Waals surface area contributed by atoms with E-state index in [2.05, 4.69) is 0 Å². The van der Waals surface area contributed by atoms with Crippen LogP contribution in [0.3, 0.4) is 0 Å². The molecule has 0 aliphatic rings. The number of likely N-dealkylation sites (N-methyl/N-ethyl adjacent to an activating group) is 1. The van der Waals surface area contributed by atoms with Gasteiger partial charge in [-0.15, -0.1) is 0 Å². The summed E-state index contributed by atoms with van der Waals surface area (Å²) in [7, 11) is 1.69. The summed E-state index contributed by atoms with van der Waals surface area (Å²) in [5.74, 6) is -1.44. The molecule has 20 heavy (non-hydrogen) atoms. The summed E-state index contributed by atoms with van der Waals surface area (Å²) < 4.78 is 31.1. The van der Waals surface area contributed by atoms with E-state index >= 15 is 0 Å². The summed E-state index contributed by atoms with van der Waals surface area (Å²) in [6.45, 7) is 2.46. The third kappa shape index (κ3) is 4.77. The van der Waals surface area contributed by atoms with Crippen LogP contribution in [-0.2, 0) is 4.79 Å². The second-order valence-corrected chi connectivity index (χ2v) is 4.62. The molecule has 6 heteroatoms. The van der Waals surface area contributed by atoms with Gasteiger partial charge in [0.2, 0.25) is 5.91 Å². The summed E-state index contributed by atoms with van der Waals surface area (Å²) in [6.07, 6.45) is 0.751. The van der Waals surface area contributed by atoms with Gasteiger partial charge < -0.3 is 15.4 Å². The van der Waals surface area contributed by atoms with Gasteiger partial charge in [-0.05, 0) is 25.5 Å². The number of carbonyl (C=O) groups excluding carboxylic acids is 1. The highest BCUT2D eigenvalue weighted by molar-refractivity contribution is 5.76. The molecule has 0 aliphatic carbocycles. The zero-order chi connectivity index (χ0) is 15.1. The van der Waals surface area contributed by atoms with E-state index in [9.17, 15) is 13.6 Å². The van der Waals surface area contributed by atoms with Crippen molar-refractivity contribution in [3.63, 3.8) is 0 Å². The Morgan fingerprint density at radius 1 is 1.45 bits per heavy atom. The Morgan fingerprint density at radius 2 is 2.15 bits per heavy atom. The quantitative estimate of drug-likeness (QED) is 0.779. The number of ether oxygens (including phenoxy) is 1. The molecule has 1 aromatic carbocycles. The minimum absolute atomic E-state index is 0.0115. The molecule has 1 unspecified atom stereocenters. The second-order valence-electron chi connectivity index (χ2n) is 4.62. The van der Waals surface area contributed by atoms with Crippen LogP contribution in [0.25, 0.3) is 0 Å². The predicted octanol–water partition coefficient (Wildman–Crippen LogP) is 1.93. The van der Waals surface area contributed by atoms with Gasteiger partial charge in [-0.1, -0.05) is 0 Å². The molecular formula is C14H20F2N2O2. The molecule has 0 aliphatic heterocycles. The standard InChI is InChI=1S/C14H20F2N2O2/c1-10(9-17)18(2)14(19)4-3-7-20-13-6-5-11(15)8-12(13)16/h5-6,8,10H,3-4,7,9,17H2,1-2H3. The minimum atomic E-state index is -0.745. The highest BCUT2D eigenvalue weighted by atomic mass is 19.1. The Hall–Kier alpha value is -1.69. The van der Waals surface area contributed by atoms with E-state index in [0.29, 0.717) is 19.4 Å². The number of nitrogens with zero attached hydrogens (tertiary/aromatic N) is 1. The van der Waals surface area contributed by atoms with Crippen molar-refractivity contribution < 1.29 is 18.3 Å². The topological polar surface area (TPSA) is 55.6 Å². The van der Waals surface area contributed by atoms with Crippen LogP contribution in [0.2, 0.25) is 0 Å². The molecule has 0 bridgehead atoms. The molecule has 0 saturated heterocycles. The largest absolute Gasteiger partial charge is 0.491 e. The van der Waals surface area contributed by atoms with Gasteiger partial charge in [0.25, 0.3) is 0 Å². The number of benzene rings is 1. The van der Waals surface area contributed by atoms with Crippen LogP contribution in [0.5, 0.6) is 5.75 Å². The fourth-order valence-electron chi connectivity index (χ4n) is 1.58. The highest BCUT2D eigenvalue weighted by Gasteiger charge is 2.13. The molecule has 0 fully saturated rings. The second kappa shape index (κ2) is 7.79. The Bertz CT molecular complexity index is 455. The molecule has 2 N–H and O–H groups in total. The molecule has 1 aromatic rings. The lowest BCUT2D eigenvalue weighted by Crippen LogP contribution is -2.39. The van der Waals surface area contributed by atoms with Crippen molar-refractivity contribution >= 4 is 5.91 Å². The Labute approximate surface area is 117 Å². The lowest BCUT2D eigenvalue weighted by molar-refractivity contribution is -0.131. The van der Waals surface area contributed by atoms with Crippen LogP contribution in [0, 0.1) is 11.6 Å². The molecule has 1 atom stereocenters. The van der Waals surface area contributed by atoms with Crippen molar-refractivity contribution in [1.82, 2.24) is 4.90 Å². The van der Waals surface area contributed by atoms with Gasteiger partial charge >= 0.3 is 0 Å². The maximum absolute atomic E-state index is 13.3. The van der Waals surface area contributed by atoms with E-state index in [1.165, 1.54) is 6.07 Å². The maximum atomic E-state index is 13.3. The first kappa shape index (κ1) is 16.4. The fraction of sp³-hybridized carbons (Fsp3) is 0.500. The summed E-state index contributed by atoms with van der Waals surface area (Å²) >= 11 is 0. The van der Waals surface area contributed by atoms with E-state index in [-0.39, 0.29) is 24.3 Å². The Balaban J connectivity index is 2.33. The molecule has 0 saturated carbocycles. The molecule has 1 amide bonds. The van der Waals surface area contributed by atoms with Crippen molar-refractivity contribution in [3.05, 3.63) is 29.8 Å². The minimum Gasteiger partial charge on any atom is -0.491 e. The van der Waals surface area contributed by atoms with E-state index in [1.807, 2.05) is 6.92 Å². The molecule has 112 valence electrons. The first-order valence-corrected chi connectivity index (χ1v) is 6.49. The SMILES string of the molecule is CC(CN)N(C)C(=O)CCCOc1ccc(F)cc1F. The van der Waals surface area contributed by atoms with Crippen molar-refractivity contribution in [1.29, 1.82) is 0 Å². The third-order valence-electron chi connectivity index (χ3n) is 3.08. The average Bonchev–Trinajstić information content (AvgIpc) is 2.43. The highest BCUT2D eigenvalue weighted by Crippen LogP contribution is 2.17. The van der Waals surface area contributed by atoms with Crippen molar-refractivity contribution in [2.45, 2.75) is 25.8 Å². The first-order valence-electron chi connectivity index (χ1n) is 6.49. The number of halogens is 2. The van der Waals surface area contributed by atoms with Gasteiger partial charge in [-0.25, -0.2) is 8.78 Å². The van der Waals surface area contributed by atoms with Crippen LogP contribution in [0.15, 0.2) is 18.2 Å².